The van der Waals surface area contributed by atoms with E-state index in [1.54, 1.807) is 0 Å². The number of rotatable bonds is 6. The predicted molar refractivity (Wildman–Crippen MR) is 56.2 cm³/mol. The van der Waals surface area contributed by atoms with E-state index in [-0.39, 0.29) is 0 Å². The third-order valence-corrected chi connectivity index (χ3v) is 1.94. The van der Waals surface area contributed by atoms with Gasteiger partial charge >= 0.3 is 6.01 Å². The van der Waals surface area contributed by atoms with Crippen molar-refractivity contribution in [1.82, 2.24) is 10.1 Å². The molecule has 1 heterocycles. The van der Waals surface area contributed by atoms with Crippen LogP contribution in [0.3, 0.4) is 0 Å². The molecular weight excluding hydrogens is 178 g/mol. The zero-order chi connectivity index (χ0) is 10.4. The molecule has 1 N–H and O–H groups in total. The Balaban J connectivity index is 2.35. The standard InChI is InChI=1S/C10H19N3O/c1-4-7-11-10-12-9(13-14-10)6-5-8(2)3/h8H,4-7H2,1-3H3,(H,11,12,13). The number of anilines is 1. The Morgan fingerprint density at radius 1 is 1.43 bits per heavy atom. The summed E-state index contributed by atoms with van der Waals surface area (Å²) in [4.78, 5) is 4.23. The van der Waals surface area contributed by atoms with Gasteiger partial charge in [0.25, 0.3) is 0 Å². The van der Waals surface area contributed by atoms with E-state index in [9.17, 15) is 0 Å². The lowest BCUT2D eigenvalue weighted by Gasteiger charge is -1.98. The molecule has 0 atom stereocenters. The van der Waals surface area contributed by atoms with Crippen LogP contribution in [0.25, 0.3) is 0 Å². The highest BCUT2D eigenvalue weighted by molar-refractivity contribution is 5.17. The third kappa shape index (κ3) is 3.77. The Kier molecular flexibility index (Phi) is 4.43. The van der Waals surface area contributed by atoms with Crippen LogP contribution in [0.4, 0.5) is 6.01 Å². The van der Waals surface area contributed by atoms with Crippen LogP contribution in [-0.4, -0.2) is 16.7 Å². The van der Waals surface area contributed by atoms with Crippen molar-refractivity contribution in [3.05, 3.63) is 5.82 Å². The second-order valence-corrected chi connectivity index (χ2v) is 3.88. The van der Waals surface area contributed by atoms with Crippen LogP contribution in [0.15, 0.2) is 4.52 Å². The zero-order valence-electron chi connectivity index (χ0n) is 9.21. The Bertz CT molecular complexity index is 258. The molecule has 0 aliphatic heterocycles. The molecule has 0 aromatic carbocycles. The number of nitrogens with zero attached hydrogens (tertiary/aromatic N) is 2. The van der Waals surface area contributed by atoms with Gasteiger partial charge in [-0.2, -0.15) is 4.98 Å². The highest BCUT2D eigenvalue weighted by Gasteiger charge is 2.05. The predicted octanol–water partition coefficient (Wildman–Crippen LogP) is 2.48. The van der Waals surface area contributed by atoms with E-state index in [0.717, 1.165) is 31.6 Å². The average molecular weight is 197 g/mol. The van der Waals surface area contributed by atoms with E-state index < -0.39 is 0 Å². The summed E-state index contributed by atoms with van der Waals surface area (Å²) in [6.07, 6.45) is 3.06. The molecule has 0 amide bonds. The molecule has 0 saturated heterocycles. The summed E-state index contributed by atoms with van der Waals surface area (Å²) in [5.74, 6) is 1.48. The van der Waals surface area contributed by atoms with Gasteiger partial charge < -0.3 is 9.84 Å². The molecule has 4 nitrogen and oxygen atoms in total. The van der Waals surface area contributed by atoms with E-state index in [0.29, 0.717) is 11.9 Å². The van der Waals surface area contributed by atoms with E-state index in [1.165, 1.54) is 0 Å². The fourth-order valence-electron chi connectivity index (χ4n) is 1.08. The van der Waals surface area contributed by atoms with Crippen LogP contribution in [0.2, 0.25) is 0 Å². The van der Waals surface area contributed by atoms with Gasteiger partial charge in [0.15, 0.2) is 5.82 Å². The molecular formula is C10H19N3O. The van der Waals surface area contributed by atoms with Crippen LogP contribution >= 0.6 is 0 Å². The molecule has 4 heteroatoms. The van der Waals surface area contributed by atoms with Crippen molar-refractivity contribution in [2.45, 2.75) is 40.0 Å². The highest BCUT2D eigenvalue weighted by atomic mass is 16.5. The van der Waals surface area contributed by atoms with Crippen molar-refractivity contribution in [2.75, 3.05) is 11.9 Å². The summed E-state index contributed by atoms with van der Waals surface area (Å²) >= 11 is 0. The Morgan fingerprint density at radius 3 is 2.86 bits per heavy atom. The first-order valence-electron chi connectivity index (χ1n) is 5.28. The first kappa shape index (κ1) is 11.0. The maximum atomic E-state index is 5.03. The van der Waals surface area contributed by atoms with Crippen molar-refractivity contribution in [3.63, 3.8) is 0 Å². The SMILES string of the molecule is CCCNc1nc(CCC(C)C)no1. The van der Waals surface area contributed by atoms with Crippen LogP contribution in [-0.2, 0) is 6.42 Å². The summed E-state index contributed by atoms with van der Waals surface area (Å²) in [6, 6.07) is 0.547. The average Bonchev–Trinajstić information content (AvgIpc) is 2.59. The summed E-state index contributed by atoms with van der Waals surface area (Å²) in [6.45, 7) is 7.36. The topological polar surface area (TPSA) is 51.0 Å². The van der Waals surface area contributed by atoms with Crippen molar-refractivity contribution >= 4 is 6.01 Å². The second-order valence-electron chi connectivity index (χ2n) is 3.88. The van der Waals surface area contributed by atoms with Gasteiger partial charge in [-0.1, -0.05) is 25.9 Å². The molecule has 1 aromatic rings. The van der Waals surface area contributed by atoms with E-state index in [2.05, 4.69) is 36.2 Å². The van der Waals surface area contributed by atoms with E-state index >= 15 is 0 Å². The maximum Gasteiger partial charge on any atom is 0.321 e. The molecule has 0 unspecified atom stereocenters. The lowest BCUT2D eigenvalue weighted by Crippen LogP contribution is -2.00. The van der Waals surface area contributed by atoms with E-state index in [1.807, 2.05) is 0 Å². The molecule has 0 saturated carbocycles. The molecule has 1 aromatic heterocycles. The molecule has 80 valence electrons. The molecule has 0 spiro atoms. The van der Waals surface area contributed by atoms with Gasteiger partial charge in [0.1, 0.15) is 0 Å². The van der Waals surface area contributed by atoms with Gasteiger partial charge in [0.2, 0.25) is 0 Å². The molecule has 0 aliphatic rings. The molecule has 0 bridgehead atoms. The molecule has 0 fully saturated rings. The van der Waals surface area contributed by atoms with Crippen molar-refractivity contribution in [1.29, 1.82) is 0 Å². The van der Waals surface area contributed by atoms with Gasteiger partial charge in [-0.15, -0.1) is 0 Å². The first-order chi connectivity index (χ1) is 6.72. The van der Waals surface area contributed by atoms with Crippen LogP contribution < -0.4 is 5.32 Å². The molecule has 0 radical (unpaired) electrons. The smallest absolute Gasteiger partial charge is 0.321 e. The summed E-state index contributed by atoms with van der Waals surface area (Å²) < 4.78 is 5.03. The Hall–Kier alpha value is -1.06. The van der Waals surface area contributed by atoms with Gasteiger partial charge in [-0.05, 0) is 18.8 Å². The lowest BCUT2D eigenvalue weighted by atomic mass is 10.1. The van der Waals surface area contributed by atoms with Gasteiger partial charge in [0, 0.05) is 13.0 Å². The number of hydrogen-bond acceptors (Lipinski definition) is 4. The Labute approximate surface area is 85.1 Å². The number of aromatic nitrogens is 2. The monoisotopic (exact) mass is 197 g/mol. The third-order valence-electron chi connectivity index (χ3n) is 1.94. The largest absolute Gasteiger partial charge is 0.338 e. The van der Waals surface area contributed by atoms with Gasteiger partial charge in [-0.3, -0.25) is 0 Å². The summed E-state index contributed by atoms with van der Waals surface area (Å²) in [5, 5.41) is 6.95. The van der Waals surface area contributed by atoms with Gasteiger partial charge in [-0.25, -0.2) is 0 Å². The minimum atomic E-state index is 0.547. The number of aryl methyl sites for hydroxylation is 1. The first-order valence-corrected chi connectivity index (χ1v) is 5.28. The van der Waals surface area contributed by atoms with Crippen LogP contribution in [0, 0.1) is 5.92 Å². The lowest BCUT2D eigenvalue weighted by molar-refractivity contribution is 0.419. The normalized spacial score (nSPS) is 10.9. The van der Waals surface area contributed by atoms with Crippen LogP contribution in [0.1, 0.15) is 39.4 Å². The minimum absolute atomic E-state index is 0.547. The fourth-order valence-corrected chi connectivity index (χ4v) is 1.08. The number of nitrogens with one attached hydrogen (secondary N) is 1. The second kappa shape index (κ2) is 5.62. The van der Waals surface area contributed by atoms with Gasteiger partial charge in [0.05, 0.1) is 0 Å². The van der Waals surface area contributed by atoms with Crippen molar-refractivity contribution < 1.29 is 4.52 Å². The quantitative estimate of drug-likeness (QED) is 0.761. The van der Waals surface area contributed by atoms with Crippen LogP contribution in [0.5, 0.6) is 0 Å². The maximum absolute atomic E-state index is 5.03. The van der Waals surface area contributed by atoms with Crippen molar-refractivity contribution in [2.24, 2.45) is 5.92 Å². The fraction of sp³-hybridized carbons (Fsp3) is 0.800. The molecule has 1 rings (SSSR count). The van der Waals surface area contributed by atoms with Crippen molar-refractivity contribution in [3.8, 4) is 0 Å². The zero-order valence-corrected chi connectivity index (χ0v) is 9.21. The highest BCUT2D eigenvalue weighted by Crippen LogP contribution is 2.08. The molecule has 0 aliphatic carbocycles. The Morgan fingerprint density at radius 2 is 2.21 bits per heavy atom. The summed E-state index contributed by atoms with van der Waals surface area (Å²) in [7, 11) is 0. The van der Waals surface area contributed by atoms with E-state index in [4.69, 9.17) is 4.52 Å². The summed E-state index contributed by atoms with van der Waals surface area (Å²) in [5.41, 5.74) is 0. The number of hydrogen-bond donors (Lipinski definition) is 1. The minimum Gasteiger partial charge on any atom is -0.338 e. The molecule has 14 heavy (non-hydrogen) atoms.